The summed E-state index contributed by atoms with van der Waals surface area (Å²) in [4.78, 5) is 19.2. The van der Waals surface area contributed by atoms with Crippen molar-refractivity contribution in [1.29, 1.82) is 0 Å². The quantitative estimate of drug-likeness (QED) is 0.581. The zero-order chi connectivity index (χ0) is 21.0. The molecule has 0 bridgehead atoms. The third-order valence-electron chi connectivity index (χ3n) is 5.63. The van der Waals surface area contributed by atoms with Crippen molar-refractivity contribution in [2.75, 3.05) is 78.7 Å². The SMILES string of the molecule is O=C(CN1CCCN(C(=S)NCCN2CCOCC2)CC1)NCCc1ccccc1. The number of thiocarbonyl (C=S) groups is 1. The molecular formula is C22H35N5O2S. The molecule has 0 radical (unpaired) electrons. The summed E-state index contributed by atoms with van der Waals surface area (Å²) >= 11 is 5.61. The molecule has 7 nitrogen and oxygen atoms in total. The number of benzene rings is 1. The second-order valence-corrected chi connectivity index (χ2v) is 8.27. The fourth-order valence-corrected chi connectivity index (χ4v) is 4.12. The summed E-state index contributed by atoms with van der Waals surface area (Å²) in [6, 6.07) is 10.3. The minimum atomic E-state index is 0.102. The maximum atomic E-state index is 12.3. The Morgan fingerprint density at radius 3 is 2.53 bits per heavy atom. The smallest absolute Gasteiger partial charge is 0.234 e. The average molecular weight is 434 g/mol. The van der Waals surface area contributed by atoms with E-state index in [1.165, 1.54) is 5.56 Å². The second-order valence-electron chi connectivity index (χ2n) is 7.89. The topological polar surface area (TPSA) is 60.1 Å². The molecule has 0 atom stereocenters. The molecule has 166 valence electrons. The number of hydrogen-bond donors (Lipinski definition) is 2. The molecule has 0 aromatic heterocycles. The summed E-state index contributed by atoms with van der Waals surface area (Å²) in [5.41, 5.74) is 1.25. The van der Waals surface area contributed by atoms with Gasteiger partial charge in [0.15, 0.2) is 5.11 Å². The van der Waals surface area contributed by atoms with Crippen LogP contribution in [0.5, 0.6) is 0 Å². The van der Waals surface area contributed by atoms with Gasteiger partial charge in [-0.3, -0.25) is 14.6 Å². The number of nitrogens with one attached hydrogen (secondary N) is 2. The third kappa shape index (κ3) is 8.18. The van der Waals surface area contributed by atoms with Crippen LogP contribution in [-0.2, 0) is 16.0 Å². The maximum Gasteiger partial charge on any atom is 0.234 e. The molecule has 2 heterocycles. The highest BCUT2D eigenvalue weighted by molar-refractivity contribution is 7.80. The van der Waals surface area contributed by atoms with Crippen LogP contribution in [0.25, 0.3) is 0 Å². The van der Waals surface area contributed by atoms with Gasteiger partial charge in [-0.2, -0.15) is 0 Å². The Hall–Kier alpha value is -1.74. The number of ether oxygens (including phenoxy) is 1. The van der Waals surface area contributed by atoms with Crippen molar-refractivity contribution in [2.24, 2.45) is 0 Å². The van der Waals surface area contributed by atoms with Crippen molar-refractivity contribution in [3.63, 3.8) is 0 Å². The summed E-state index contributed by atoms with van der Waals surface area (Å²) in [7, 11) is 0. The van der Waals surface area contributed by atoms with Gasteiger partial charge in [0.25, 0.3) is 0 Å². The van der Waals surface area contributed by atoms with Crippen LogP contribution >= 0.6 is 12.2 Å². The minimum absolute atomic E-state index is 0.102. The first-order valence-corrected chi connectivity index (χ1v) is 11.5. The lowest BCUT2D eigenvalue weighted by Gasteiger charge is -2.28. The van der Waals surface area contributed by atoms with E-state index < -0.39 is 0 Å². The monoisotopic (exact) mass is 433 g/mol. The van der Waals surface area contributed by atoms with Crippen LogP contribution in [0.15, 0.2) is 30.3 Å². The summed E-state index contributed by atoms with van der Waals surface area (Å²) in [6.07, 6.45) is 1.88. The number of rotatable bonds is 8. The fraction of sp³-hybridized carbons (Fsp3) is 0.636. The number of nitrogens with zero attached hydrogens (tertiary/aromatic N) is 3. The van der Waals surface area contributed by atoms with Gasteiger partial charge >= 0.3 is 0 Å². The van der Waals surface area contributed by atoms with Crippen LogP contribution in [0.2, 0.25) is 0 Å². The molecule has 0 spiro atoms. The second kappa shape index (κ2) is 12.8. The van der Waals surface area contributed by atoms with E-state index in [1.807, 2.05) is 18.2 Å². The highest BCUT2D eigenvalue weighted by Gasteiger charge is 2.19. The summed E-state index contributed by atoms with van der Waals surface area (Å²) < 4.78 is 5.39. The Labute approximate surface area is 185 Å². The lowest BCUT2D eigenvalue weighted by atomic mass is 10.1. The predicted octanol–water partition coefficient (Wildman–Crippen LogP) is 0.560. The van der Waals surface area contributed by atoms with Gasteiger partial charge in [0.05, 0.1) is 19.8 Å². The average Bonchev–Trinajstić information content (AvgIpc) is 3.01. The van der Waals surface area contributed by atoms with Crippen LogP contribution in [0.3, 0.4) is 0 Å². The van der Waals surface area contributed by atoms with Gasteiger partial charge < -0.3 is 20.3 Å². The van der Waals surface area contributed by atoms with Crippen molar-refractivity contribution >= 4 is 23.2 Å². The Balaban J connectivity index is 1.29. The van der Waals surface area contributed by atoms with Crippen LogP contribution in [-0.4, -0.2) is 104 Å². The molecule has 1 aromatic rings. The number of morpholine rings is 1. The van der Waals surface area contributed by atoms with E-state index >= 15 is 0 Å². The molecule has 8 heteroatoms. The van der Waals surface area contributed by atoms with Gasteiger partial charge in [0, 0.05) is 58.9 Å². The molecule has 2 aliphatic rings. The van der Waals surface area contributed by atoms with Crippen molar-refractivity contribution in [3.8, 4) is 0 Å². The van der Waals surface area contributed by atoms with E-state index in [-0.39, 0.29) is 5.91 Å². The first-order chi connectivity index (χ1) is 14.7. The summed E-state index contributed by atoms with van der Waals surface area (Å²) in [5.74, 6) is 0.102. The molecule has 30 heavy (non-hydrogen) atoms. The Morgan fingerprint density at radius 1 is 0.933 bits per heavy atom. The Morgan fingerprint density at radius 2 is 1.73 bits per heavy atom. The molecule has 2 fully saturated rings. The maximum absolute atomic E-state index is 12.3. The molecule has 2 saturated heterocycles. The number of carbonyl (C=O) groups excluding carboxylic acids is 1. The molecule has 1 amide bonds. The van der Waals surface area contributed by atoms with Gasteiger partial charge in [-0.15, -0.1) is 0 Å². The number of amides is 1. The highest BCUT2D eigenvalue weighted by Crippen LogP contribution is 2.04. The van der Waals surface area contributed by atoms with E-state index in [4.69, 9.17) is 17.0 Å². The summed E-state index contributed by atoms with van der Waals surface area (Å²) in [6.45, 7) is 10.2. The van der Waals surface area contributed by atoms with Crippen molar-refractivity contribution in [2.45, 2.75) is 12.8 Å². The number of hydrogen-bond acceptors (Lipinski definition) is 5. The lowest BCUT2D eigenvalue weighted by Crippen LogP contribution is -2.46. The van der Waals surface area contributed by atoms with E-state index in [1.54, 1.807) is 0 Å². The molecule has 1 aromatic carbocycles. The van der Waals surface area contributed by atoms with E-state index in [9.17, 15) is 4.79 Å². The number of carbonyl (C=O) groups is 1. The molecule has 3 rings (SSSR count). The fourth-order valence-electron chi connectivity index (χ4n) is 3.84. The van der Waals surface area contributed by atoms with Crippen LogP contribution < -0.4 is 10.6 Å². The molecule has 2 aliphatic heterocycles. The minimum Gasteiger partial charge on any atom is -0.379 e. The van der Waals surface area contributed by atoms with Gasteiger partial charge in [0.1, 0.15) is 0 Å². The van der Waals surface area contributed by atoms with E-state index in [0.29, 0.717) is 13.1 Å². The Bertz CT molecular complexity index is 654. The van der Waals surface area contributed by atoms with Crippen LogP contribution in [0.4, 0.5) is 0 Å². The predicted molar refractivity (Wildman–Crippen MR) is 124 cm³/mol. The van der Waals surface area contributed by atoms with Gasteiger partial charge in [-0.1, -0.05) is 30.3 Å². The van der Waals surface area contributed by atoms with E-state index in [0.717, 1.165) is 83.5 Å². The zero-order valence-corrected chi connectivity index (χ0v) is 18.7. The molecular weight excluding hydrogens is 398 g/mol. The largest absolute Gasteiger partial charge is 0.379 e. The molecule has 0 aliphatic carbocycles. The van der Waals surface area contributed by atoms with Crippen molar-refractivity contribution < 1.29 is 9.53 Å². The van der Waals surface area contributed by atoms with Crippen molar-refractivity contribution in [1.82, 2.24) is 25.3 Å². The van der Waals surface area contributed by atoms with Gasteiger partial charge in [-0.25, -0.2) is 0 Å². The molecule has 2 N–H and O–H groups in total. The lowest BCUT2D eigenvalue weighted by molar-refractivity contribution is -0.122. The molecule has 0 unspecified atom stereocenters. The highest BCUT2D eigenvalue weighted by atomic mass is 32.1. The normalized spacial score (nSPS) is 18.6. The van der Waals surface area contributed by atoms with Gasteiger partial charge in [0.2, 0.25) is 5.91 Å². The van der Waals surface area contributed by atoms with Crippen LogP contribution in [0, 0.1) is 0 Å². The third-order valence-corrected chi connectivity index (χ3v) is 6.03. The van der Waals surface area contributed by atoms with Crippen molar-refractivity contribution in [3.05, 3.63) is 35.9 Å². The first-order valence-electron chi connectivity index (χ1n) is 11.1. The van der Waals surface area contributed by atoms with Gasteiger partial charge in [-0.05, 0) is 30.6 Å². The van der Waals surface area contributed by atoms with E-state index in [2.05, 4.69) is 37.5 Å². The first kappa shape index (κ1) is 22.9. The van der Waals surface area contributed by atoms with Crippen LogP contribution in [0.1, 0.15) is 12.0 Å². The zero-order valence-electron chi connectivity index (χ0n) is 17.9. The standard InChI is InChI=1S/C22H35N5O2S/c28-21(23-8-7-20-5-2-1-3-6-20)19-26-10-4-11-27(14-13-26)22(30)24-9-12-25-15-17-29-18-16-25/h1-3,5-6H,4,7-19H2,(H,23,28)(H,24,30). The molecule has 0 saturated carbocycles. The Kier molecular flexibility index (Phi) is 9.82. The summed E-state index contributed by atoms with van der Waals surface area (Å²) in [5, 5.41) is 7.28.